The molecule has 7 heteroatoms. The van der Waals surface area contributed by atoms with Crippen molar-refractivity contribution in [2.24, 2.45) is 0 Å². The summed E-state index contributed by atoms with van der Waals surface area (Å²) in [4.78, 5) is 35.8. The molecule has 2 aromatic rings. The van der Waals surface area contributed by atoms with Crippen molar-refractivity contribution in [2.75, 3.05) is 6.54 Å². The van der Waals surface area contributed by atoms with Crippen LogP contribution in [0.4, 0.5) is 0 Å². The maximum atomic E-state index is 12.2. The van der Waals surface area contributed by atoms with Crippen molar-refractivity contribution in [2.45, 2.75) is 18.9 Å². The Morgan fingerprint density at radius 2 is 2.14 bits per heavy atom. The fraction of sp³-hybridized carbons (Fsp3) is 0.267. The van der Waals surface area contributed by atoms with Crippen molar-refractivity contribution in [3.05, 3.63) is 45.3 Å². The van der Waals surface area contributed by atoms with Gasteiger partial charge in [0.25, 0.3) is 5.91 Å². The predicted molar refractivity (Wildman–Crippen MR) is 81.0 cm³/mol. The molecule has 0 radical (unpaired) electrons. The first-order valence-electron chi connectivity index (χ1n) is 6.86. The summed E-state index contributed by atoms with van der Waals surface area (Å²) in [5.74, 6) is -0.870. The van der Waals surface area contributed by atoms with Crippen LogP contribution in [0.2, 0.25) is 5.02 Å². The third kappa shape index (κ3) is 2.82. The third-order valence-corrected chi connectivity index (χ3v) is 3.76. The number of hydrogen-bond acceptors (Lipinski definition) is 4. The van der Waals surface area contributed by atoms with Crippen LogP contribution in [-0.4, -0.2) is 24.4 Å². The Labute approximate surface area is 130 Å². The quantitative estimate of drug-likeness (QED) is 0.820. The van der Waals surface area contributed by atoms with Crippen molar-refractivity contribution in [1.29, 1.82) is 0 Å². The van der Waals surface area contributed by atoms with E-state index >= 15 is 0 Å². The number of benzene rings is 1. The zero-order valence-electron chi connectivity index (χ0n) is 11.5. The van der Waals surface area contributed by atoms with Crippen molar-refractivity contribution < 1.29 is 14.0 Å². The highest BCUT2D eigenvalue weighted by Crippen LogP contribution is 2.19. The first kappa shape index (κ1) is 14.6. The van der Waals surface area contributed by atoms with E-state index in [1.807, 2.05) is 0 Å². The van der Waals surface area contributed by atoms with Gasteiger partial charge in [0.2, 0.25) is 5.91 Å². The van der Waals surface area contributed by atoms with E-state index in [2.05, 4.69) is 10.6 Å². The summed E-state index contributed by atoms with van der Waals surface area (Å²) in [7, 11) is 0. The largest absolute Gasteiger partial charge is 0.422 e. The van der Waals surface area contributed by atoms with Gasteiger partial charge in [-0.3, -0.25) is 9.59 Å². The van der Waals surface area contributed by atoms with E-state index in [1.165, 1.54) is 6.07 Å². The molecule has 2 N–H and O–H groups in total. The molecule has 3 rings (SSSR count). The third-order valence-electron chi connectivity index (χ3n) is 3.53. The molecular formula is C15H13ClN2O4. The Hall–Kier alpha value is -2.34. The first-order valence-corrected chi connectivity index (χ1v) is 7.24. The summed E-state index contributed by atoms with van der Waals surface area (Å²) in [6, 6.07) is 5.55. The van der Waals surface area contributed by atoms with Crippen LogP contribution in [0, 0.1) is 0 Å². The fourth-order valence-electron chi connectivity index (χ4n) is 2.40. The van der Waals surface area contributed by atoms with Gasteiger partial charge in [-0.1, -0.05) is 11.6 Å². The molecule has 0 bridgehead atoms. The summed E-state index contributed by atoms with van der Waals surface area (Å²) >= 11 is 5.89. The standard InChI is InChI=1S/C15H13ClN2O4/c16-9-3-4-12-8(6-9)7-10(15(21)22-12)13(19)18-11-2-1-5-17-14(11)20/h3-4,6-7,11H,1-2,5H2,(H,17,20)(H,18,19). The molecule has 1 atom stereocenters. The highest BCUT2D eigenvalue weighted by atomic mass is 35.5. The maximum Gasteiger partial charge on any atom is 0.349 e. The Morgan fingerprint density at radius 1 is 1.32 bits per heavy atom. The highest BCUT2D eigenvalue weighted by Gasteiger charge is 2.25. The van der Waals surface area contributed by atoms with E-state index in [4.69, 9.17) is 16.0 Å². The van der Waals surface area contributed by atoms with Crippen LogP contribution >= 0.6 is 11.6 Å². The number of rotatable bonds is 2. The van der Waals surface area contributed by atoms with Crippen LogP contribution in [0.3, 0.4) is 0 Å². The van der Waals surface area contributed by atoms with E-state index in [0.29, 0.717) is 29.0 Å². The lowest BCUT2D eigenvalue weighted by Crippen LogP contribution is -2.50. The van der Waals surface area contributed by atoms with E-state index in [0.717, 1.165) is 6.42 Å². The summed E-state index contributed by atoms with van der Waals surface area (Å²) in [5.41, 5.74) is -0.543. The second-order valence-corrected chi connectivity index (χ2v) is 5.53. The van der Waals surface area contributed by atoms with Crippen LogP contribution in [0.25, 0.3) is 11.0 Å². The minimum Gasteiger partial charge on any atom is -0.422 e. The number of piperidine rings is 1. The van der Waals surface area contributed by atoms with Gasteiger partial charge < -0.3 is 15.1 Å². The number of halogens is 1. The molecule has 6 nitrogen and oxygen atoms in total. The normalized spacial score (nSPS) is 18.0. The Morgan fingerprint density at radius 3 is 2.91 bits per heavy atom. The average molecular weight is 321 g/mol. The molecule has 1 aromatic carbocycles. The van der Waals surface area contributed by atoms with Crippen molar-refractivity contribution in [3.8, 4) is 0 Å². The molecule has 22 heavy (non-hydrogen) atoms. The van der Waals surface area contributed by atoms with Gasteiger partial charge in [-0.05, 0) is 37.1 Å². The Kier molecular flexibility index (Phi) is 3.85. The molecule has 1 unspecified atom stereocenters. The van der Waals surface area contributed by atoms with Crippen LogP contribution in [-0.2, 0) is 4.79 Å². The van der Waals surface area contributed by atoms with Gasteiger partial charge in [0.15, 0.2) is 0 Å². The molecular weight excluding hydrogens is 308 g/mol. The second-order valence-electron chi connectivity index (χ2n) is 5.09. The van der Waals surface area contributed by atoms with Gasteiger partial charge >= 0.3 is 5.63 Å². The molecule has 0 saturated carbocycles. The number of hydrogen-bond donors (Lipinski definition) is 2. The fourth-order valence-corrected chi connectivity index (χ4v) is 2.58. The van der Waals surface area contributed by atoms with Crippen LogP contribution < -0.4 is 16.3 Å². The molecule has 1 saturated heterocycles. The van der Waals surface area contributed by atoms with Crippen molar-refractivity contribution >= 4 is 34.4 Å². The van der Waals surface area contributed by atoms with Crippen LogP contribution in [0.5, 0.6) is 0 Å². The number of fused-ring (bicyclic) bond motifs is 1. The van der Waals surface area contributed by atoms with E-state index < -0.39 is 17.6 Å². The van der Waals surface area contributed by atoms with Gasteiger partial charge in [0.05, 0.1) is 0 Å². The van der Waals surface area contributed by atoms with Crippen molar-refractivity contribution in [1.82, 2.24) is 10.6 Å². The molecule has 2 amide bonds. The monoisotopic (exact) mass is 320 g/mol. The molecule has 0 spiro atoms. The SMILES string of the molecule is O=C(NC1CCCNC1=O)c1cc2cc(Cl)ccc2oc1=O. The zero-order valence-corrected chi connectivity index (χ0v) is 12.3. The lowest BCUT2D eigenvalue weighted by Gasteiger charge is -2.22. The minimum atomic E-state index is -0.747. The maximum absolute atomic E-state index is 12.2. The number of amides is 2. The minimum absolute atomic E-state index is 0.145. The Balaban J connectivity index is 1.91. The number of nitrogens with one attached hydrogen (secondary N) is 2. The second kappa shape index (κ2) is 5.81. The highest BCUT2D eigenvalue weighted by molar-refractivity contribution is 6.31. The van der Waals surface area contributed by atoms with Gasteiger partial charge in [0.1, 0.15) is 17.2 Å². The number of carbonyl (C=O) groups excluding carboxylic acids is 2. The molecule has 114 valence electrons. The first-order chi connectivity index (χ1) is 10.5. The van der Waals surface area contributed by atoms with Crippen LogP contribution in [0.1, 0.15) is 23.2 Å². The predicted octanol–water partition coefficient (Wildman–Crippen LogP) is 1.45. The lowest BCUT2D eigenvalue weighted by molar-refractivity contribution is -0.124. The van der Waals surface area contributed by atoms with E-state index in [1.54, 1.807) is 18.2 Å². The molecule has 1 fully saturated rings. The molecule has 2 heterocycles. The van der Waals surface area contributed by atoms with Crippen LogP contribution in [0.15, 0.2) is 33.5 Å². The summed E-state index contributed by atoms with van der Waals surface area (Å²) in [6.45, 7) is 0.599. The molecule has 1 aliphatic heterocycles. The summed E-state index contributed by atoms with van der Waals surface area (Å²) < 4.78 is 5.11. The van der Waals surface area contributed by atoms with Crippen molar-refractivity contribution in [3.63, 3.8) is 0 Å². The Bertz CT molecular complexity index is 815. The van der Waals surface area contributed by atoms with Gasteiger partial charge in [0, 0.05) is 17.0 Å². The smallest absolute Gasteiger partial charge is 0.349 e. The average Bonchev–Trinajstić information content (AvgIpc) is 2.49. The topological polar surface area (TPSA) is 88.4 Å². The van der Waals surface area contributed by atoms with Gasteiger partial charge in [-0.15, -0.1) is 0 Å². The van der Waals surface area contributed by atoms with E-state index in [9.17, 15) is 14.4 Å². The molecule has 0 aliphatic carbocycles. The number of carbonyl (C=O) groups is 2. The van der Waals surface area contributed by atoms with E-state index in [-0.39, 0.29) is 11.5 Å². The zero-order chi connectivity index (χ0) is 15.7. The summed E-state index contributed by atoms with van der Waals surface area (Å²) in [5, 5.41) is 6.25. The molecule has 1 aliphatic rings. The molecule has 1 aromatic heterocycles. The van der Waals surface area contributed by atoms with Gasteiger partial charge in [-0.2, -0.15) is 0 Å². The lowest BCUT2D eigenvalue weighted by atomic mass is 10.1. The van der Waals surface area contributed by atoms with Gasteiger partial charge in [-0.25, -0.2) is 4.79 Å². The summed E-state index contributed by atoms with van der Waals surface area (Å²) in [6.07, 6.45) is 1.32.